The molecule has 0 heterocycles. The molecule has 0 aliphatic rings. The average molecular weight is 113 g/mol. The maximum Gasteiger partial charge on any atom is -0.00475 e. The summed E-state index contributed by atoms with van der Waals surface area (Å²) in [4.78, 5) is 0. The molecule has 0 aliphatic heterocycles. The van der Waals surface area contributed by atoms with Crippen molar-refractivity contribution in [3.05, 3.63) is 0 Å². The van der Waals surface area contributed by atoms with E-state index in [0.717, 1.165) is 12.8 Å². The molecule has 0 aliphatic carbocycles. The molecule has 0 bridgehead atoms. The van der Waals surface area contributed by atoms with E-state index >= 15 is 0 Å². The summed E-state index contributed by atoms with van der Waals surface area (Å²) >= 11 is 0. The Labute approximate surface area is 51.6 Å². The van der Waals surface area contributed by atoms with Crippen LogP contribution in [0.15, 0.2) is 0 Å². The summed E-state index contributed by atoms with van der Waals surface area (Å²) in [6.07, 6.45) is 3.52. The average Bonchev–Trinajstić information content (AvgIpc) is 1.59. The van der Waals surface area contributed by atoms with Gasteiger partial charge in [-0.15, -0.1) is 0 Å². The van der Waals surface area contributed by atoms with Crippen LogP contribution in [0.5, 0.6) is 0 Å². The van der Waals surface area contributed by atoms with Crippen LogP contribution in [0.3, 0.4) is 0 Å². The van der Waals surface area contributed by atoms with Crippen LogP contribution in [0.1, 0.15) is 33.6 Å². The Bertz CT molecular complexity index is 68.9. The van der Waals surface area contributed by atoms with Crippen molar-refractivity contribution in [2.24, 2.45) is 5.41 Å². The molecule has 0 spiro atoms. The fourth-order valence-corrected chi connectivity index (χ4v) is 0.505. The highest BCUT2D eigenvalue weighted by Crippen LogP contribution is 2.19. The van der Waals surface area contributed by atoms with Gasteiger partial charge in [-0.05, 0) is 24.5 Å². The first-order valence-electron chi connectivity index (χ1n) is 3.05. The van der Waals surface area contributed by atoms with Crippen molar-refractivity contribution in [3.8, 4) is 0 Å². The third kappa shape index (κ3) is 5.67. The van der Waals surface area contributed by atoms with Gasteiger partial charge >= 0.3 is 0 Å². The summed E-state index contributed by atoms with van der Waals surface area (Å²) in [6.45, 7) is 6.57. The number of hydrogen-bond donors (Lipinski definition) is 1. The van der Waals surface area contributed by atoms with Crippen molar-refractivity contribution in [2.75, 3.05) is 0 Å². The summed E-state index contributed by atoms with van der Waals surface area (Å²) < 4.78 is 0. The van der Waals surface area contributed by atoms with E-state index in [0.29, 0.717) is 5.41 Å². The van der Waals surface area contributed by atoms with Crippen molar-refractivity contribution < 1.29 is 0 Å². The van der Waals surface area contributed by atoms with E-state index in [1.54, 1.807) is 0 Å². The molecular formula is C7H15N. The summed E-state index contributed by atoms with van der Waals surface area (Å²) in [6, 6.07) is 0. The molecule has 0 unspecified atom stereocenters. The van der Waals surface area contributed by atoms with Crippen LogP contribution in [-0.2, 0) is 0 Å². The van der Waals surface area contributed by atoms with Gasteiger partial charge in [0, 0.05) is 0 Å². The lowest BCUT2D eigenvalue weighted by molar-refractivity contribution is 0.387. The Morgan fingerprint density at radius 1 is 1.38 bits per heavy atom. The van der Waals surface area contributed by atoms with Crippen molar-refractivity contribution in [2.45, 2.75) is 33.6 Å². The second kappa shape index (κ2) is 2.85. The molecular weight excluding hydrogens is 98.1 g/mol. The fraction of sp³-hybridized carbons (Fsp3) is 0.857. The van der Waals surface area contributed by atoms with Gasteiger partial charge in [-0.25, -0.2) is 0 Å². The lowest BCUT2D eigenvalue weighted by Gasteiger charge is -2.15. The Morgan fingerprint density at radius 2 is 1.88 bits per heavy atom. The molecule has 0 rings (SSSR count). The van der Waals surface area contributed by atoms with Crippen LogP contribution < -0.4 is 0 Å². The summed E-state index contributed by atoms with van der Waals surface area (Å²) in [5.41, 5.74) is 0.400. The third-order valence-corrected chi connectivity index (χ3v) is 1.04. The van der Waals surface area contributed by atoms with Crippen molar-refractivity contribution in [1.29, 1.82) is 5.41 Å². The van der Waals surface area contributed by atoms with E-state index in [1.807, 2.05) is 0 Å². The van der Waals surface area contributed by atoms with Gasteiger partial charge in [-0.3, -0.25) is 0 Å². The minimum Gasteiger partial charge on any atom is -0.313 e. The standard InChI is InChI=1S/C7H15N/c1-7(2,3)5-4-6-8/h6,8H,4-5H2,1-3H3. The van der Waals surface area contributed by atoms with Gasteiger partial charge in [0.15, 0.2) is 0 Å². The molecule has 0 saturated carbocycles. The predicted molar refractivity (Wildman–Crippen MR) is 37.5 cm³/mol. The minimum atomic E-state index is 0.400. The highest BCUT2D eigenvalue weighted by atomic mass is 14.3. The molecule has 1 N–H and O–H groups in total. The van der Waals surface area contributed by atoms with E-state index < -0.39 is 0 Å². The summed E-state index contributed by atoms with van der Waals surface area (Å²) in [5, 5.41) is 6.76. The molecule has 0 fully saturated rings. The molecule has 0 aromatic carbocycles. The van der Waals surface area contributed by atoms with Crippen LogP contribution in [-0.4, -0.2) is 6.21 Å². The van der Waals surface area contributed by atoms with Crippen LogP contribution in [0.25, 0.3) is 0 Å². The van der Waals surface area contributed by atoms with Gasteiger partial charge in [0.25, 0.3) is 0 Å². The predicted octanol–water partition coefficient (Wildman–Crippen LogP) is 2.46. The third-order valence-electron chi connectivity index (χ3n) is 1.04. The Kier molecular flexibility index (Phi) is 2.74. The molecule has 48 valence electrons. The molecule has 0 atom stereocenters. The first-order valence-corrected chi connectivity index (χ1v) is 3.05. The molecule has 0 aromatic rings. The van der Waals surface area contributed by atoms with Crippen LogP contribution in [0.2, 0.25) is 0 Å². The zero-order valence-electron chi connectivity index (χ0n) is 5.99. The highest BCUT2D eigenvalue weighted by molar-refractivity contribution is 5.52. The largest absolute Gasteiger partial charge is 0.313 e. The molecule has 0 radical (unpaired) electrons. The molecule has 1 nitrogen and oxygen atoms in total. The quantitative estimate of drug-likeness (QED) is 0.532. The van der Waals surface area contributed by atoms with Gasteiger partial charge in [0.2, 0.25) is 0 Å². The first kappa shape index (κ1) is 7.67. The monoisotopic (exact) mass is 113 g/mol. The maximum atomic E-state index is 6.76. The SMILES string of the molecule is CC(C)(C)CCC=N. The normalized spacial score (nSPS) is 11.4. The lowest BCUT2D eigenvalue weighted by Crippen LogP contribution is -2.03. The zero-order valence-corrected chi connectivity index (χ0v) is 5.99. The molecule has 0 saturated heterocycles. The van der Waals surface area contributed by atoms with E-state index in [4.69, 9.17) is 5.41 Å². The van der Waals surface area contributed by atoms with Gasteiger partial charge < -0.3 is 5.41 Å². The Hall–Kier alpha value is -0.330. The number of nitrogens with one attached hydrogen (secondary N) is 1. The second-order valence-corrected chi connectivity index (χ2v) is 3.30. The van der Waals surface area contributed by atoms with Crippen molar-refractivity contribution in [1.82, 2.24) is 0 Å². The van der Waals surface area contributed by atoms with Gasteiger partial charge in [-0.2, -0.15) is 0 Å². The van der Waals surface area contributed by atoms with Gasteiger partial charge in [-0.1, -0.05) is 20.8 Å². The summed E-state index contributed by atoms with van der Waals surface area (Å²) in [7, 11) is 0. The Morgan fingerprint density at radius 3 is 2.00 bits per heavy atom. The highest BCUT2D eigenvalue weighted by Gasteiger charge is 2.07. The first-order chi connectivity index (χ1) is 3.56. The smallest absolute Gasteiger partial charge is 0.00475 e. The van der Waals surface area contributed by atoms with E-state index in [1.165, 1.54) is 6.21 Å². The number of hydrogen-bond acceptors (Lipinski definition) is 1. The Balaban J connectivity index is 3.24. The van der Waals surface area contributed by atoms with E-state index in [9.17, 15) is 0 Å². The van der Waals surface area contributed by atoms with Crippen LogP contribution >= 0.6 is 0 Å². The molecule has 8 heavy (non-hydrogen) atoms. The fourth-order valence-electron chi connectivity index (χ4n) is 0.505. The summed E-state index contributed by atoms with van der Waals surface area (Å²) in [5.74, 6) is 0. The lowest BCUT2D eigenvalue weighted by atomic mass is 9.91. The second-order valence-electron chi connectivity index (χ2n) is 3.30. The van der Waals surface area contributed by atoms with Gasteiger partial charge in [0.1, 0.15) is 0 Å². The number of rotatable bonds is 2. The van der Waals surface area contributed by atoms with Crippen molar-refractivity contribution in [3.63, 3.8) is 0 Å². The molecule has 0 aromatic heterocycles. The van der Waals surface area contributed by atoms with Crippen molar-refractivity contribution >= 4 is 6.21 Å². The molecule has 1 heteroatoms. The van der Waals surface area contributed by atoms with E-state index in [2.05, 4.69) is 20.8 Å². The topological polar surface area (TPSA) is 23.9 Å². The van der Waals surface area contributed by atoms with Crippen LogP contribution in [0, 0.1) is 10.8 Å². The maximum absolute atomic E-state index is 6.76. The van der Waals surface area contributed by atoms with E-state index in [-0.39, 0.29) is 0 Å². The zero-order chi connectivity index (χ0) is 6.62. The van der Waals surface area contributed by atoms with Gasteiger partial charge in [0.05, 0.1) is 0 Å². The van der Waals surface area contributed by atoms with Crippen LogP contribution in [0.4, 0.5) is 0 Å². The minimum absolute atomic E-state index is 0.400. The molecule has 0 amide bonds.